The van der Waals surface area contributed by atoms with Crippen molar-refractivity contribution in [2.75, 3.05) is 13.1 Å². The van der Waals surface area contributed by atoms with Gasteiger partial charge >= 0.3 is 5.97 Å². The molecule has 1 heterocycles. The minimum absolute atomic E-state index is 0.319. The highest BCUT2D eigenvalue weighted by Gasteiger charge is 2.26. The first-order valence-corrected chi connectivity index (χ1v) is 5.09. The largest absolute Gasteiger partial charge is 0.481 e. The topological polar surface area (TPSA) is 40.5 Å². The van der Waals surface area contributed by atoms with Gasteiger partial charge in [-0.1, -0.05) is 13.3 Å². The summed E-state index contributed by atoms with van der Waals surface area (Å²) >= 11 is 0. The van der Waals surface area contributed by atoms with Gasteiger partial charge in [0, 0.05) is 19.0 Å². The van der Waals surface area contributed by atoms with Crippen molar-refractivity contribution in [3.8, 4) is 0 Å². The van der Waals surface area contributed by atoms with E-state index in [0.717, 1.165) is 19.5 Å². The van der Waals surface area contributed by atoms with Crippen LogP contribution in [0.3, 0.4) is 0 Å². The predicted molar refractivity (Wildman–Crippen MR) is 51.7 cm³/mol. The predicted octanol–water partition coefficient (Wildman–Crippen LogP) is 1.58. The van der Waals surface area contributed by atoms with Gasteiger partial charge in [-0.15, -0.1) is 0 Å². The smallest absolute Gasteiger partial charge is 0.303 e. The first-order chi connectivity index (χ1) is 6.13. The third-order valence-corrected chi connectivity index (χ3v) is 2.99. The summed E-state index contributed by atoms with van der Waals surface area (Å²) in [6, 6.07) is 0.669. The van der Waals surface area contributed by atoms with Crippen molar-refractivity contribution in [2.45, 2.75) is 39.2 Å². The van der Waals surface area contributed by atoms with Gasteiger partial charge in [0.15, 0.2) is 0 Å². The molecule has 1 N–H and O–H groups in total. The zero-order valence-corrected chi connectivity index (χ0v) is 8.49. The average Bonchev–Trinajstić information content (AvgIpc) is 2.08. The zero-order valence-electron chi connectivity index (χ0n) is 8.49. The van der Waals surface area contributed by atoms with E-state index in [1.54, 1.807) is 0 Å². The van der Waals surface area contributed by atoms with Gasteiger partial charge in [0.1, 0.15) is 0 Å². The number of carbonyl (C=O) groups is 1. The lowest BCUT2D eigenvalue weighted by molar-refractivity contribution is -0.138. The van der Waals surface area contributed by atoms with Crippen LogP contribution in [0.2, 0.25) is 0 Å². The Morgan fingerprint density at radius 1 is 1.69 bits per heavy atom. The van der Waals surface area contributed by atoms with Crippen molar-refractivity contribution in [1.82, 2.24) is 4.90 Å². The summed E-state index contributed by atoms with van der Waals surface area (Å²) in [5.41, 5.74) is 0. The van der Waals surface area contributed by atoms with Crippen LogP contribution in [0.25, 0.3) is 0 Å². The van der Waals surface area contributed by atoms with E-state index in [2.05, 4.69) is 18.7 Å². The summed E-state index contributed by atoms with van der Waals surface area (Å²) in [5.74, 6) is -0.333. The number of nitrogens with zero attached hydrogens (tertiary/aromatic N) is 1. The molecule has 3 nitrogen and oxygen atoms in total. The number of carboxylic acids is 1. The summed E-state index contributed by atoms with van der Waals surface area (Å²) in [6.07, 6.45) is 2.55. The molecule has 2 atom stereocenters. The van der Waals surface area contributed by atoms with E-state index in [0.29, 0.717) is 18.4 Å². The molecule has 13 heavy (non-hydrogen) atoms. The van der Waals surface area contributed by atoms with Gasteiger partial charge < -0.3 is 10.0 Å². The highest BCUT2D eigenvalue weighted by Crippen LogP contribution is 2.20. The molecule has 0 aromatic carbocycles. The molecule has 1 rings (SSSR count). The molecule has 1 fully saturated rings. The van der Waals surface area contributed by atoms with E-state index in [1.807, 2.05) is 0 Å². The summed E-state index contributed by atoms with van der Waals surface area (Å²) in [5, 5.41) is 8.67. The fourth-order valence-electron chi connectivity index (χ4n) is 1.76. The lowest BCUT2D eigenvalue weighted by Crippen LogP contribution is -2.47. The first-order valence-electron chi connectivity index (χ1n) is 5.09. The first kappa shape index (κ1) is 10.5. The van der Waals surface area contributed by atoms with E-state index in [4.69, 9.17) is 5.11 Å². The maximum absolute atomic E-state index is 10.5. The molecule has 0 saturated carbocycles. The van der Waals surface area contributed by atoms with Crippen LogP contribution >= 0.6 is 0 Å². The highest BCUT2D eigenvalue weighted by molar-refractivity contribution is 5.67. The number of likely N-dealkylation sites (tertiary alicyclic amines) is 1. The van der Waals surface area contributed by atoms with Gasteiger partial charge in [0.2, 0.25) is 0 Å². The monoisotopic (exact) mass is 185 g/mol. The Labute approximate surface area is 79.7 Å². The minimum atomic E-state index is -0.667. The van der Waals surface area contributed by atoms with Crippen LogP contribution in [0.1, 0.15) is 33.1 Å². The van der Waals surface area contributed by atoms with E-state index >= 15 is 0 Å². The number of aliphatic carboxylic acids is 1. The molecule has 0 spiro atoms. The van der Waals surface area contributed by atoms with Gasteiger partial charge in [-0.05, 0) is 25.8 Å². The van der Waals surface area contributed by atoms with Gasteiger partial charge in [0.25, 0.3) is 0 Å². The molecule has 1 aliphatic heterocycles. The molecule has 3 heteroatoms. The minimum Gasteiger partial charge on any atom is -0.481 e. The Morgan fingerprint density at radius 3 is 2.69 bits per heavy atom. The van der Waals surface area contributed by atoms with E-state index in [-0.39, 0.29) is 0 Å². The SMILES string of the molecule is CCC(CC(=O)O)CN1CCC1C. The molecular weight excluding hydrogens is 166 g/mol. The van der Waals surface area contributed by atoms with Crippen molar-refractivity contribution in [1.29, 1.82) is 0 Å². The Morgan fingerprint density at radius 2 is 2.38 bits per heavy atom. The average molecular weight is 185 g/mol. The lowest BCUT2D eigenvalue weighted by atomic mass is 9.97. The van der Waals surface area contributed by atoms with Crippen molar-refractivity contribution in [3.05, 3.63) is 0 Å². The Kier molecular flexibility index (Phi) is 3.72. The molecular formula is C10H19NO2. The fourth-order valence-corrected chi connectivity index (χ4v) is 1.76. The maximum atomic E-state index is 10.5. The zero-order chi connectivity index (χ0) is 9.84. The number of rotatable bonds is 5. The number of carboxylic acid groups (broad SMARTS) is 1. The van der Waals surface area contributed by atoms with Crippen LogP contribution in [0.5, 0.6) is 0 Å². The van der Waals surface area contributed by atoms with Gasteiger partial charge in [-0.2, -0.15) is 0 Å². The Balaban J connectivity index is 2.26. The molecule has 76 valence electrons. The van der Waals surface area contributed by atoms with E-state index in [1.165, 1.54) is 6.42 Å². The lowest BCUT2D eigenvalue weighted by Gasteiger charge is -2.40. The molecule has 0 amide bonds. The molecule has 0 aromatic heterocycles. The van der Waals surface area contributed by atoms with Crippen molar-refractivity contribution in [3.63, 3.8) is 0 Å². The normalized spacial score (nSPS) is 25.2. The number of hydrogen-bond donors (Lipinski definition) is 1. The summed E-state index contributed by atoms with van der Waals surface area (Å²) < 4.78 is 0. The van der Waals surface area contributed by atoms with Crippen molar-refractivity contribution in [2.24, 2.45) is 5.92 Å². The third-order valence-electron chi connectivity index (χ3n) is 2.99. The molecule has 0 aromatic rings. The third kappa shape index (κ3) is 2.99. The maximum Gasteiger partial charge on any atom is 0.303 e. The summed E-state index contributed by atoms with van der Waals surface area (Å²) in [4.78, 5) is 12.9. The van der Waals surface area contributed by atoms with Crippen LogP contribution < -0.4 is 0 Å². The second-order valence-electron chi connectivity index (χ2n) is 4.00. The van der Waals surface area contributed by atoms with E-state index in [9.17, 15) is 4.79 Å². The van der Waals surface area contributed by atoms with Crippen LogP contribution in [0.15, 0.2) is 0 Å². The molecule has 2 unspecified atom stereocenters. The van der Waals surface area contributed by atoms with Gasteiger partial charge in [0.05, 0.1) is 0 Å². The second-order valence-corrected chi connectivity index (χ2v) is 4.00. The van der Waals surface area contributed by atoms with Crippen LogP contribution in [-0.4, -0.2) is 35.1 Å². The standard InChI is InChI=1S/C10H19NO2/c1-3-9(6-10(12)13)7-11-5-4-8(11)2/h8-9H,3-7H2,1-2H3,(H,12,13). The molecule has 1 saturated heterocycles. The van der Waals surface area contributed by atoms with E-state index < -0.39 is 5.97 Å². The molecule has 0 bridgehead atoms. The van der Waals surface area contributed by atoms with Crippen molar-refractivity contribution >= 4 is 5.97 Å². The Hall–Kier alpha value is -0.570. The van der Waals surface area contributed by atoms with Gasteiger partial charge in [-0.3, -0.25) is 4.79 Å². The molecule has 1 aliphatic rings. The highest BCUT2D eigenvalue weighted by atomic mass is 16.4. The second kappa shape index (κ2) is 4.61. The summed E-state index contributed by atoms with van der Waals surface area (Å²) in [7, 11) is 0. The Bertz CT molecular complexity index is 182. The number of hydrogen-bond acceptors (Lipinski definition) is 2. The van der Waals surface area contributed by atoms with Crippen LogP contribution in [-0.2, 0) is 4.79 Å². The molecule has 0 aliphatic carbocycles. The van der Waals surface area contributed by atoms with Crippen LogP contribution in [0.4, 0.5) is 0 Å². The summed E-state index contributed by atoms with van der Waals surface area (Å²) in [6.45, 7) is 6.39. The van der Waals surface area contributed by atoms with Gasteiger partial charge in [-0.25, -0.2) is 0 Å². The quantitative estimate of drug-likeness (QED) is 0.707. The molecule has 0 radical (unpaired) electrons. The van der Waals surface area contributed by atoms with Crippen molar-refractivity contribution < 1.29 is 9.90 Å². The fraction of sp³-hybridized carbons (Fsp3) is 0.900. The van der Waals surface area contributed by atoms with Crippen LogP contribution in [0, 0.1) is 5.92 Å².